The molecule has 1 aliphatic heterocycles. The van der Waals surface area contributed by atoms with Crippen molar-refractivity contribution in [3.63, 3.8) is 0 Å². The van der Waals surface area contributed by atoms with E-state index >= 15 is 0 Å². The molecule has 0 aliphatic carbocycles. The monoisotopic (exact) mass is 447 g/mol. The number of nitrogens with zero attached hydrogens (tertiary/aromatic N) is 3. The highest BCUT2D eigenvalue weighted by Gasteiger charge is 2.39. The summed E-state index contributed by atoms with van der Waals surface area (Å²) in [5.41, 5.74) is 3.85. The number of amides is 1. The fraction of sp³-hybridized carbons (Fsp3) is 0.280. The van der Waals surface area contributed by atoms with Crippen LogP contribution >= 0.6 is 0 Å². The molecule has 8 heteroatoms. The average molecular weight is 447 g/mol. The maximum atomic E-state index is 12.1. The van der Waals surface area contributed by atoms with Gasteiger partial charge in [0.1, 0.15) is 5.82 Å². The molecule has 170 valence electrons. The molecule has 0 saturated heterocycles. The zero-order valence-corrected chi connectivity index (χ0v) is 18.5. The summed E-state index contributed by atoms with van der Waals surface area (Å²) >= 11 is 0. The van der Waals surface area contributed by atoms with Crippen LogP contribution in [-0.4, -0.2) is 49.1 Å². The highest BCUT2D eigenvalue weighted by molar-refractivity contribution is 5.96. The third-order valence-electron chi connectivity index (χ3n) is 6.04. The van der Waals surface area contributed by atoms with E-state index < -0.39 is 18.0 Å². The van der Waals surface area contributed by atoms with E-state index in [4.69, 9.17) is 0 Å². The van der Waals surface area contributed by atoms with Crippen LogP contribution in [0.15, 0.2) is 48.5 Å². The number of aromatic carboxylic acids is 1. The first-order valence-electron chi connectivity index (χ1n) is 10.8. The molecule has 1 aromatic heterocycles. The molecule has 0 saturated carbocycles. The third-order valence-corrected chi connectivity index (χ3v) is 6.04. The predicted octanol–water partition coefficient (Wildman–Crippen LogP) is 3.39. The molecular weight excluding hydrogens is 422 g/mol. The van der Waals surface area contributed by atoms with Gasteiger partial charge in [0.2, 0.25) is 5.91 Å². The standard InChI is InChI=1S/C25H25N3O5/c1-3-21-26-20-12-13-27(15(2)29)23(25(32)33)22(20)28(21)14-16-8-10-17(11-9-16)18-6-4-5-7-19(18)24(30)31/h4-11,23H,3,12-14H2,1-2H3,(H,30,31)(H,32,33). The number of imidazole rings is 1. The number of fused-ring (bicyclic) bond motifs is 1. The maximum absolute atomic E-state index is 12.1. The number of carbonyl (C=O) groups excluding carboxylic acids is 1. The van der Waals surface area contributed by atoms with Crippen molar-refractivity contribution in [2.75, 3.05) is 6.54 Å². The third kappa shape index (κ3) is 4.11. The molecule has 2 heterocycles. The van der Waals surface area contributed by atoms with Crippen molar-refractivity contribution in [2.24, 2.45) is 0 Å². The Morgan fingerprint density at radius 3 is 2.36 bits per heavy atom. The normalized spacial score (nSPS) is 15.2. The minimum atomic E-state index is -1.07. The smallest absolute Gasteiger partial charge is 0.336 e. The zero-order valence-electron chi connectivity index (χ0n) is 18.5. The van der Waals surface area contributed by atoms with Crippen LogP contribution in [0.2, 0.25) is 0 Å². The lowest BCUT2D eigenvalue weighted by Crippen LogP contribution is -2.43. The van der Waals surface area contributed by atoms with Gasteiger partial charge in [0.05, 0.1) is 17.0 Å². The van der Waals surface area contributed by atoms with Crippen molar-refractivity contribution in [1.29, 1.82) is 0 Å². The quantitative estimate of drug-likeness (QED) is 0.599. The second-order valence-corrected chi connectivity index (χ2v) is 8.05. The number of hydrogen-bond acceptors (Lipinski definition) is 4. The molecular formula is C25H25N3O5. The minimum absolute atomic E-state index is 0.232. The molecule has 0 bridgehead atoms. The summed E-state index contributed by atoms with van der Waals surface area (Å²) in [4.78, 5) is 41.9. The van der Waals surface area contributed by atoms with E-state index in [-0.39, 0.29) is 11.5 Å². The number of carbonyl (C=O) groups is 3. The summed E-state index contributed by atoms with van der Waals surface area (Å²) in [6.45, 7) is 4.09. The van der Waals surface area contributed by atoms with Gasteiger partial charge in [-0.2, -0.15) is 0 Å². The molecule has 0 fully saturated rings. The summed E-state index contributed by atoms with van der Waals surface area (Å²) in [6, 6.07) is 13.3. The van der Waals surface area contributed by atoms with Crippen LogP contribution in [-0.2, 0) is 29.0 Å². The van der Waals surface area contributed by atoms with Crippen LogP contribution in [0, 0.1) is 0 Å². The van der Waals surface area contributed by atoms with Gasteiger partial charge in [0, 0.05) is 32.9 Å². The molecule has 1 atom stereocenters. The minimum Gasteiger partial charge on any atom is -0.479 e. The molecule has 1 unspecified atom stereocenters. The second-order valence-electron chi connectivity index (χ2n) is 8.05. The van der Waals surface area contributed by atoms with Crippen molar-refractivity contribution in [3.8, 4) is 11.1 Å². The number of rotatable bonds is 6. The van der Waals surface area contributed by atoms with Crippen LogP contribution in [0.4, 0.5) is 0 Å². The second kappa shape index (κ2) is 8.90. The van der Waals surface area contributed by atoms with Gasteiger partial charge in [0.15, 0.2) is 6.04 Å². The largest absolute Gasteiger partial charge is 0.479 e. The highest BCUT2D eigenvalue weighted by Crippen LogP contribution is 2.32. The number of carboxylic acid groups (broad SMARTS) is 2. The Balaban J connectivity index is 1.71. The lowest BCUT2D eigenvalue weighted by Gasteiger charge is -2.33. The molecule has 4 rings (SSSR count). The van der Waals surface area contributed by atoms with E-state index in [1.54, 1.807) is 24.3 Å². The number of hydrogen-bond donors (Lipinski definition) is 2. The number of benzene rings is 2. The summed E-state index contributed by atoms with van der Waals surface area (Å²) in [5, 5.41) is 19.4. The summed E-state index contributed by atoms with van der Waals surface area (Å²) in [7, 11) is 0. The SMILES string of the molecule is CCc1nc2c(n1Cc1ccc(-c3ccccc3C(=O)O)cc1)C(C(=O)O)N(C(C)=O)CC2. The molecule has 1 aliphatic rings. The maximum Gasteiger partial charge on any atom is 0.336 e. The Labute approximate surface area is 191 Å². The van der Waals surface area contributed by atoms with Crippen molar-refractivity contribution >= 4 is 17.8 Å². The van der Waals surface area contributed by atoms with Crippen LogP contribution in [0.25, 0.3) is 11.1 Å². The van der Waals surface area contributed by atoms with Gasteiger partial charge in [-0.1, -0.05) is 49.4 Å². The Morgan fingerprint density at radius 1 is 1.06 bits per heavy atom. The summed E-state index contributed by atoms with van der Waals surface area (Å²) < 4.78 is 1.91. The van der Waals surface area contributed by atoms with Gasteiger partial charge in [0.25, 0.3) is 0 Å². The van der Waals surface area contributed by atoms with Gasteiger partial charge in [-0.15, -0.1) is 0 Å². The van der Waals surface area contributed by atoms with E-state index in [0.717, 1.165) is 22.6 Å². The first kappa shape index (κ1) is 22.3. The van der Waals surface area contributed by atoms with E-state index in [2.05, 4.69) is 4.98 Å². The highest BCUT2D eigenvalue weighted by atomic mass is 16.4. The number of aryl methyl sites for hydroxylation is 1. The van der Waals surface area contributed by atoms with Gasteiger partial charge in [-0.05, 0) is 22.8 Å². The lowest BCUT2D eigenvalue weighted by molar-refractivity contribution is -0.150. The van der Waals surface area contributed by atoms with Crippen LogP contribution in [0.5, 0.6) is 0 Å². The van der Waals surface area contributed by atoms with Crippen molar-refractivity contribution < 1.29 is 24.6 Å². The van der Waals surface area contributed by atoms with Crippen molar-refractivity contribution in [2.45, 2.75) is 39.3 Å². The summed E-state index contributed by atoms with van der Waals surface area (Å²) in [5.74, 6) is -1.56. The Morgan fingerprint density at radius 2 is 1.76 bits per heavy atom. The fourth-order valence-electron chi connectivity index (χ4n) is 4.49. The number of aromatic nitrogens is 2. The predicted molar refractivity (Wildman–Crippen MR) is 121 cm³/mol. The average Bonchev–Trinajstić information content (AvgIpc) is 3.16. The van der Waals surface area contributed by atoms with Gasteiger partial charge < -0.3 is 19.7 Å². The fourth-order valence-corrected chi connectivity index (χ4v) is 4.49. The van der Waals surface area contributed by atoms with E-state index in [9.17, 15) is 24.6 Å². The van der Waals surface area contributed by atoms with Crippen molar-refractivity contribution in [3.05, 3.63) is 76.9 Å². The molecule has 1 amide bonds. The molecule has 0 spiro atoms. The van der Waals surface area contributed by atoms with E-state index in [1.165, 1.54) is 11.8 Å². The molecule has 8 nitrogen and oxygen atoms in total. The van der Waals surface area contributed by atoms with Gasteiger partial charge >= 0.3 is 11.9 Å². The van der Waals surface area contributed by atoms with E-state index in [1.807, 2.05) is 35.8 Å². The summed E-state index contributed by atoms with van der Waals surface area (Å²) in [6.07, 6.45) is 1.15. The molecule has 2 aromatic carbocycles. The number of aliphatic carboxylic acids is 1. The topological polar surface area (TPSA) is 113 Å². The Bertz CT molecular complexity index is 1230. The Kier molecular flexibility index (Phi) is 6.00. The Hall–Kier alpha value is -3.94. The van der Waals surface area contributed by atoms with Gasteiger partial charge in [-0.3, -0.25) is 4.79 Å². The molecule has 2 N–H and O–H groups in total. The first-order chi connectivity index (χ1) is 15.8. The molecule has 3 aromatic rings. The molecule has 0 radical (unpaired) electrons. The van der Waals surface area contributed by atoms with E-state index in [0.29, 0.717) is 37.2 Å². The van der Waals surface area contributed by atoms with Gasteiger partial charge in [-0.25, -0.2) is 14.6 Å². The van der Waals surface area contributed by atoms with Crippen LogP contribution < -0.4 is 0 Å². The lowest BCUT2D eigenvalue weighted by atomic mass is 9.98. The zero-order chi connectivity index (χ0) is 23.7. The van der Waals surface area contributed by atoms with Crippen molar-refractivity contribution in [1.82, 2.24) is 14.5 Å². The van der Waals surface area contributed by atoms with Crippen LogP contribution in [0.3, 0.4) is 0 Å². The first-order valence-corrected chi connectivity index (χ1v) is 10.8. The number of carboxylic acids is 2. The van der Waals surface area contributed by atoms with Crippen LogP contribution in [0.1, 0.15) is 53.0 Å². The molecule has 33 heavy (non-hydrogen) atoms.